The SMILES string of the molecule is CCCC(C)CCCCc1cccc(C2=Cc3cc(C)ccc3CC2)c1. The molecule has 0 aliphatic heterocycles. The minimum absolute atomic E-state index is 0.891. The lowest BCUT2D eigenvalue weighted by Gasteiger charge is -2.18. The van der Waals surface area contributed by atoms with Gasteiger partial charge in [0, 0.05) is 0 Å². The Balaban J connectivity index is 1.63. The zero-order valence-electron chi connectivity index (χ0n) is 16.9. The van der Waals surface area contributed by atoms with E-state index in [-0.39, 0.29) is 0 Å². The summed E-state index contributed by atoms with van der Waals surface area (Å²) in [6.45, 7) is 6.88. The van der Waals surface area contributed by atoms with Gasteiger partial charge in [-0.05, 0) is 66.4 Å². The smallest absolute Gasteiger partial charge is 0.0219 e. The Hall–Kier alpha value is -1.82. The highest BCUT2D eigenvalue weighted by Gasteiger charge is 2.12. The van der Waals surface area contributed by atoms with Gasteiger partial charge in [-0.25, -0.2) is 0 Å². The number of fused-ring (bicyclic) bond motifs is 1. The van der Waals surface area contributed by atoms with Crippen molar-refractivity contribution in [1.29, 1.82) is 0 Å². The molecule has 1 unspecified atom stereocenters. The summed E-state index contributed by atoms with van der Waals surface area (Å²) in [4.78, 5) is 0. The summed E-state index contributed by atoms with van der Waals surface area (Å²) in [5, 5.41) is 0. The van der Waals surface area contributed by atoms with E-state index in [1.807, 2.05) is 0 Å². The van der Waals surface area contributed by atoms with Gasteiger partial charge in [-0.15, -0.1) is 0 Å². The van der Waals surface area contributed by atoms with E-state index in [0.717, 1.165) is 12.3 Å². The molecule has 0 radical (unpaired) electrons. The molecule has 0 fully saturated rings. The first kappa shape index (κ1) is 19.0. The Labute approximate surface area is 160 Å². The van der Waals surface area contributed by atoms with Gasteiger partial charge in [-0.1, -0.05) is 93.6 Å². The van der Waals surface area contributed by atoms with Crippen LogP contribution < -0.4 is 0 Å². The highest BCUT2D eigenvalue weighted by atomic mass is 14.2. The zero-order chi connectivity index (χ0) is 18.4. The maximum Gasteiger partial charge on any atom is -0.0219 e. The molecule has 0 aromatic heterocycles. The van der Waals surface area contributed by atoms with Crippen molar-refractivity contribution in [3.63, 3.8) is 0 Å². The lowest BCUT2D eigenvalue weighted by molar-refractivity contribution is 0.461. The molecule has 26 heavy (non-hydrogen) atoms. The lowest BCUT2D eigenvalue weighted by atomic mass is 9.87. The quantitative estimate of drug-likeness (QED) is 0.431. The number of benzene rings is 2. The van der Waals surface area contributed by atoms with Crippen LogP contribution in [0, 0.1) is 12.8 Å². The van der Waals surface area contributed by atoms with Gasteiger partial charge in [0.1, 0.15) is 0 Å². The van der Waals surface area contributed by atoms with E-state index in [1.165, 1.54) is 78.3 Å². The van der Waals surface area contributed by atoms with Gasteiger partial charge in [-0.3, -0.25) is 0 Å². The number of unbranched alkanes of at least 4 members (excludes halogenated alkanes) is 1. The van der Waals surface area contributed by atoms with Crippen molar-refractivity contribution < 1.29 is 0 Å². The molecule has 138 valence electrons. The van der Waals surface area contributed by atoms with Crippen LogP contribution in [0.5, 0.6) is 0 Å². The largest absolute Gasteiger partial charge is 0.0654 e. The minimum atomic E-state index is 0.891. The van der Waals surface area contributed by atoms with E-state index < -0.39 is 0 Å². The molecule has 0 nitrogen and oxygen atoms in total. The average molecular weight is 347 g/mol. The standard InChI is InChI=1S/C26H34/c1-4-8-20(2)9-5-6-10-22-11-7-12-24(18-22)25-16-15-23-14-13-21(3)17-26(23)19-25/h7,11-14,17-20H,4-6,8-10,15-16H2,1-3H3. The van der Waals surface area contributed by atoms with Crippen molar-refractivity contribution in [2.45, 2.75) is 72.1 Å². The molecule has 0 spiro atoms. The topological polar surface area (TPSA) is 0 Å². The van der Waals surface area contributed by atoms with Crippen molar-refractivity contribution in [3.05, 3.63) is 70.3 Å². The normalized spacial score (nSPS) is 14.7. The number of rotatable bonds is 8. The summed E-state index contributed by atoms with van der Waals surface area (Å²) in [6.07, 6.45) is 12.7. The van der Waals surface area contributed by atoms with E-state index in [4.69, 9.17) is 0 Å². The van der Waals surface area contributed by atoms with Crippen LogP contribution in [-0.4, -0.2) is 0 Å². The third-order valence-corrected chi connectivity index (χ3v) is 5.79. The van der Waals surface area contributed by atoms with Crippen LogP contribution in [0.1, 0.15) is 80.2 Å². The van der Waals surface area contributed by atoms with Crippen LogP contribution in [0.15, 0.2) is 42.5 Å². The predicted octanol–water partition coefficient (Wildman–Crippen LogP) is 7.63. The molecule has 1 aliphatic carbocycles. The molecular formula is C26H34. The van der Waals surface area contributed by atoms with Crippen molar-refractivity contribution in [2.24, 2.45) is 5.92 Å². The molecule has 1 aliphatic rings. The van der Waals surface area contributed by atoms with Gasteiger partial charge in [0.15, 0.2) is 0 Å². The second-order valence-corrected chi connectivity index (χ2v) is 8.21. The number of allylic oxidation sites excluding steroid dienone is 1. The first-order valence-corrected chi connectivity index (χ1v) is 10.5. The van der Waals surface area contributed by atoms with Crippen LogP contribution >= 0.6 is 0 Å². The summed E-state index contributed by atoms with van der Waals surface area (Å²) in [7, 11) is 0. The Bertz CT molecular complexity index is 750. The van der Waals surface area contributed by atoms with Gasteiger partial charge >= 0.3 is 0 Å². The first-order valence-electron chi connectivity index (χ1n) is 10.5. The maximum absolute atomic E-state index is 2.43. The molecule has 0 saturated heterocycles. The van der Waals surface area contributed by atoms with Crippen LogP contribution in [0.4, 0.5) is 0 Å². The van der Waals surface area contributed by atoms with Gasteiger partial charge in [-0.2, -0.15) is 0 Å². The molecule has 0 bridgehead atoms. The van der Waals surface area contributed by atoms with Crippen LogP contribution in [0.25, 0.3) is 11.6 Å². The molecule has 0 heterocycles. The Morgan fingerprint density at radius 2 is 1.85 bits per heavy atom. The molecule has 3 rings (SSSR count). The van der Waals surface area contributed by atoms with Gasteiger partial charge < -0.3 is 0 Å². The third kappa shape index (κ3) is 5.10. The molecule has 2 aromatic carbocycles. The highest BCUT2D eigenvalue weighted by molar-refractivity contribution is 5.84. The molecule has 0 heteroatoms. The lowest BCUT2D eigenvalue weighted by Crippen LogP contribution is -2.00. The Morgan fingerprint density at radius 1 is 0.962 bits per heavy atom. The van der Waals surface area contributed by atoms with Gasteiger partial charge in [0.25, 0.3) is 0 Å². The summed E-state index contributed by atoms with van der Waals surface area (Å²) < 4.78 is 0. The monoisotopic (exact) mass is 346 g/mol. The fraction of sp³-hybridized carbons (Fsp3) is 0.462. The van der Waals surface area contributed by atoms with E-state index in [1.54, 1.807) is 0 Å². The second-order valence-electron chi connectivity index (χ2n) is 8.21. The molecule has 0 amide bonds. The summed E-state index contributed by atoms with van der Waals surface area (Å²) in [5.74, 6) is 0.891. The van der Waals surface area contributed by atoms with Crippen molar-refractivity contribution in [1.82, 2.24) is 0 Å². The second kappa shape index (κ2) is 9.21. The van der Waals surface area contributed by atoms with E-state index in [0.29, 0.717) is 0 Å². The van der Waals surface area contributed by atoms with Crippen LogP contribution in [0.2, 0.25) is 0 Å². The predicted molar refractivity (Wildman–Crippen MR) is 115 cm³/mol. The third-order valence-electron chi connectivity index (χ3n) is 5.79. The van der Waals surface area contributed by atoms with Crippen molar-refractivity contribution in [3.8, 4) is 0 Å². The van der Waals surface area contributed by atoms with Crippen LogP contribution in [0.3, 0.4) is 0 Å². The summed E-state index contributed by atoms with van der Waals surface area (Å²) in [5.41, 5.74) is 8.70. The minimum Gasteiger partial charge on any atom is -0.0654 e. The molecule has 0 saturated carbocycles. The average Bonchev–Trinajstić information content (AvgIpc) is 2.65. The van der Waals surface area contributed by atoms with Gasteiger partial charge in [0.2, 0.25) is 0 Å². The van der Waals surface area contributed by atoms with E-state index in [9.17, 15) is 0 Å². The Morgan fingerprint density at radius 3 is 2.69 bits per heavy atom. The molecule has 1 atom stereocenters. The number of aryl methyl sites for hydroxylation is 3. The van der Waals surface area contributed by atoms with Crippen molar-refractivity contribution in [2.75, 3.05) is 0 Å². The fourth-order valence-electron chi connectivity index (χ4n) is 4.22. The fourth-order valence-corrected chi connectivity index (χ4v) is 4.22. The molecule has 0 N–H and O–H groups in total. The van der Waals surface area contributed by atoms with E-state index in [2.05, 4.69) is 69.3 Å². The number of hydrogen-bond acceptors (Lipinski definition) is 0. The summed E-state index contributed by atoms with van der Waals surface area (Å²) in [6, 6.07) is 16.1. The van der Waals surface area contributed by atoms with E-state index >= 15 is 0 Å². The molecular weight excluding hydrogens is 312 g/mol. The maximum atomic E-state index is 2.43. The zero-order valence-corrected chi connectivity index (χ0v) is 16.9. The molecule has 2 aromatic rings. The number of hydrogen-bond donors (Lipinski definition) is 0. The van der Waals surface area contributed by atoms with Gasteiger partial charge in [0.05, 0.1) is 0 Å². The highest BCUT2D eigenvalue weighted by Crippen LogP contribution is 2.31. The summed E-state index contributed by atoms with van der Waals surface area (Å²) >= 11 is 0. The first-order chi connectivity index (χ1) is 12.7. The van der Waals surface area contributed by atoms with Crippen LogP contribution in [-0.2, 0) is 12.8 Å². The van der Waals surface area contributed by atoms with Crippen molar-refractivity contribution >= 4 is 11.6 Å². The Kier molecular flexibility index (Phi) is 6.72.